The van der Waals surface area contributed by atoms with Crippen molar-refractivity contribution in [1.29, 1.82) is 0 Å². The Morgan fingerprint density at radius 2 is 2.25 bits per heavy atom. The van der Waals surface area contributed by atoms with Gasteiger partial charge < -0.3 is 5.32 Å². The molecule has 1 aromatic rings. The van der Waals surface area contributed by atoms with Crippen molar-refractivity contribution in [3.63, 3.8) is 0 Å². The van der Waals surface area contributed by atoms with Crippen LogP contribution in [0.5, 0.6) is 0 Å². The summed E-state index contributed by atoms with van der Waals surface area (Å²) in [6.07, 6.45) is 6.85. The minimum absolute atomic E-state index is 0.173. The lowest BCUT2D eigenvalue weighted by Crippen LogP contribution is -2.26. The molecule has 1 saturated carbocycles. The second-order valence-electron chi connectivity index (χ2n) is 4.89. The summed E-state index contributed by atoms with van der Waals surface area (Å²) in [5, 5.41) is 3.47. The first-order valence-electron chi connectivity index (χ1n) is 5.99. The van der Waals surface area contributed by atoms with E-state index in [0.29, 0.717) is 5.41 Å². The first-order valence-corrected chi connectivity index (χ1v) is 5.99. The number of nitrogens with zero attached hydrogens (tertiary/aromatic N) is 1. The number of nitrogens with one attached hydrogen (secondary N) is 1. The van der Waals surface area contributed by atoms with Crippen LogP contribution >= 0.6 is 0 Å². The Bertz CT molecular complexity index is 361. The molecular formula is C13H19FN2. The molecule has 0 radical (unpaired) electrons. The summed E-state index contributed by atoms with van der Waals surface area (Å²) < 4.78 is 13.0. The fourth-order valence-corrected chi connectivity index (χ4v) is 1.98. The summed E-state index contributed by atoms with van der Waals surface area (Å²) >= 11 is 0. The summed E-state index contributed by atoms with van der Waals surface area (Å²) in [4.78, 5) is 3.87. The fourth-order valence-electron chi connectivity index (χ4n) is 1.98. The van der Waals surface area contributed by atoms with Gasteiger partial charge in [-0.3, -0.25) is 4.98 Å². The van der Waals surface area contributed by atoms with Gasteiger partial charge in [-0.05, 0) is 43.2 Å². The molecule has 88 valence electrons. The molecule has 0 bridgehead atoms. The zero-order valence-electron chi connectivity index (χ0n) is 9.96. The van der Waals surface area contributed by atoms with Crippen LogP contribution in [0.3, 0.4) is 0 Å². The van der Waals surface area contributed by atoms with E-state index < -0.39 is 0 Å². The van der Waals surface area contributed by atoms with Crippen LogP contribution in [0, 0.1) is 11.2 Å². The lowest BCUT2D eigenvalue weighted by Gasteiger charge is -2.18. The van der Waals surface area contributed by atoms with Crippen LogP contribution in [0.25, 0.3) is 0 Å². The molecule has 2 rings (SSSR count). The number of pyridine rings is 1. The van der Waals surface area contributed by atoms with Crippen molar-refractivity contribution in [3.05, 3.63) is 29.8 Å². The molecule has 1 aromatic heterocycles. The highest BCUT2D eigenvalue weighted by molar-refractivity contribution is 5.14. The Morgan fingerprint density at radius 3 is 2.81 bits per heavy atom. The second kappa shape index (κ2) is 4.50. The van der Waals surface area contributed by atoms with E-state index in [1.165, 1.54) is 25.5 Å². The van der Waals surface area contributed by atoms with Crippen molar-refractivity contribution in [3.8, 4) is 0 Å². The molecule has 16 heavy (non-hydrogen) atoms. The van der Waals surface area contributed by atoms with E-state index in [-0.39, 0.29) is 11.9 Å². The summed E-state index contributed by atoms with van der Waals surface area (Å²) in [6.45, 7) is 5.33. The maximum Gasteiger partial charge on any atom is 0.141 e. The third kappa shape index (κ3) is 2.59. The van der Waals surface area contributed by atoms with Gasteiger partial charge in [0, 0.05) is 18.8 Å². The van der Waals surface area contributed by atoms with Crippen molar-refractivity contribution in [2.24, 2.45) is 5.41 Å². The molecule has 0 saturated heterocycles. The summed E-state index contributed by atoms with van der Waals surface area (Å²) in [5.74, 6) is -0.261. The highest BCUT2D eigenvalue weighted by Gasteiger charge is 2.40. The van der Waals surface area contributed by atoms with Crippen LogP contribution in [0.1, 0.15) is 44.7 Å². The first kappa shape index (κ1) is 11.5. The van der Waals surface area contributed by atoms with E-state index in [9.17, 15) is 4.39 Å². The molecule has 1 aliphatic carbocycles. The van der Waals surface area contributed by atoms with Gasteiger partial charge in [-0.1, -0.05) is 6.92 Å². The average Bonchev–Trinajstić information content (AvgIpc) is 3.07. The van der Waals surface area contributed by atoms with Crippen LogP contribution in [-0.4, -0.2) is 11.5 Å². The Kier molecular flexibility index (Phi) is 3.24. The first-order chi connectivity index (χ1) is 7.65. The third-order valence-electron chi connectivity index (χ3n) is 3.72. The van der Waals surface area contributed by atoms with Gasteiger partial charge in [-0.2, -0.15) is 0 Å². The van der Waals surface area contributed by atoms with E-state index in [1.807, 2.05) is 0 Å². The average molecular weight is 222 g/mol. The molecule has 1 atom stereocenters. The topological polar surface area (TPSA) is 24.9 Å². The van der Waals surface area contributed by atoms with Crippen LogP contribution < -0.4 is 5.32 Å². The molecule has 0 amide bonds. The van der Waals surface area contributed by atoms with Gasteiger partial charge in [0.25, 0.3) is 0 Å². The van der Waals surface area contributed by atoms with Gasteiger partial charge in [-0.15, -0.1) is 0 Å². The molecule has 1 fully saturated rings. The fraction of sp³-hybridized carbons (Fsp3) is 0.615. The third-order valence-corrected chi connectivity index (χ3v) is 3.72. The van der Waals surface area contributed by atoms with Crippen molar-refractivity contribution in [2.75, 3.05) is 6.54 Å². The molecular weight excluding hydrogens is 203 g/mol. The predicted octanol–water partition coefficient (Wildman–Crippen LogP) is 3.06. The summed E-state index contributed by atoms with van der Waals surface area (Å²) in [6, 6.07) is 1.73. The Labute approximate surface area is 96.3 Å². The highest BCUT2D eigenvalue weighted by Crippen LogP contribution is 2.48. The van der Waals surface area contributed by atoms with Crippen LogP contribution in [-0.2, 0) is 0 Å². The number of hydrogen-bond acceptors (Lipinski definition) is 2. The minimum Gasteiger partial charge on any atom is -0.310 e. The molecule has 0 spiro atoms. The largest absolute Gasteiger partial charge is 0.310 e. The van der Waals surface area contributed by atoms with Gasteiger partial charge in [0.15, 0.2) is 0 Å². The molecule has 2 nitrogen and oxygen atoms in total. The molecule has 1 heterocycles. The monoisotopic (exact) mass is 222 g/mol. The van der Waals surface area contributed by atoms with Crippen LogP contribution in [0.15, 0.2) is 18.5 Å². The highest BCUT2D eigenvalue weighted by atomic mass is 19.1. The van der Waals surface area contributed by atoms with Crippen molar-refractivity contribution < 1.29 is 4.39 Å². The summed E-state index contributed by atoms with van der Waals surface area (Å²) in [5.41, 5.74) is 1.45. The van der Waals surface area contributed by atoms with Crippen LogP contribution in [0.4, 0.5) is 4.39 Å². The Balaban J connectivity index is 1.90. The second-order valence-corrected chi connectivity index (χ2v) is 4.89. The Morgan fingerprint density at radius 1 is 1.50 bits per heavy atom. The van der Waals surface area contributed by atoms with E-state index >= 15 is 0 Å². The van der Waals surface area contributed by atoms with E-state index in [2.05, 4.69) is 24.1 Å². The normalized spacial score (nSPS) is 19.4. The maximum atomic E-state index is 13.0. The van der Waals surface area contributed by atoms with E-state index in [1.54, 1.807) is 12.3 Å². The van der Waals surface area contributed by atoms with Crippen LogP contribution in [0.2, 0.25) is 0 Å². The zero-order valence-corrected chi connectivity index (χ0v) is 9.96. The molecule has 3 heteroatoms. The molecule has 1 N–H and O–H groups in total. The van der Waals surface area contributed by atoms with Crippen molar-refractivity contribution >= 4 is 0 Å². The molecule has 1 aliphatic rings. The predicted molar refractivity (Wildman–Crippen MR) is 62.6 cm³/mol. The van der Waals surface area contributed by atoms with Gasteiger partial charge in [0.2, 0.25) is 0 Å². The molecule has 0 aliphatic heterocycles. The number of hydrogen-bond donors (Lipinski definition) is 1. The summed E-state index contributed by atoms with van der Waals surface area (Å²) in [7, 11) is 0. The van der Waals surface area contributed by atoms with Gasteiger partial charge in [0.1, 0.15) is 5.82 Å². The number of aromatic nitrogens is 1. The van der Waals surface area contributed by atoms with Gasteiger partial charge in [0.05, 0.1) is 6.20 Å². The van der Waals surface area contributed by atoms with Crippen molar-refractivity contribution in [1.82, 2.24) is 10.3 Å². The quantitative estimate of drug-likeness (QED) is 0.828. The lowest BCUT2D eigenvalue weighted by atomic mass is 10.0. The van der Waals surface area contributed by atoms with E-state index in [4.69, 9.17) is 0 Å². The number of halogens is 1. The molecule has 1 unspecified atom stereocenters. The molecule has 0 aromatic carbocycles. The van der Waals surface area contributed by atoms with Gasteiger partial charge in [-0.25, -0.2) is 4.39 Å². The minimum atomic E-state index is -0.261. The van der Waals surface area contributed by atoms with Gasteiger partial charge >= 0.3 is 0 Å². The lowest BCUT2D eigenvalue weighted by molar-refractivity contribution is 0.414. The number of rotatable bonds is 5. The Hall–Kier alpha value is -0.960. The zero-order chi connectivity index (χ0) is 11.6. The van der Waals surface area contributed by atoms with E-state index in [0.717, 1.165) is 12.1 Å². The van der Waals surface area contributed by atoms with Crippen molar-refractivity contribution in [2.45, 2.75) is 39.2 Å². The smallest absolute Gasteiger partial charge is 0.141 e. The maximum absolute atomic E-state index is 13.0. The SMILES string of the molecule is CCC1(CNC(C)c2cncc(F)c2)CC1. The standard InChI is InChI=1S/C13H19FN2/c1-3-13(4-5-13)9-16-10(2)11-6-12(14)8-15-7-11/h6-8,10,16H,3-5,9H2,1-2H3.